The Morgan fingerprint density at radius 3 is 2.89 bits per heavy atom. The predicted octanol–water partition coefficient (Wildman–Crippen LogP) is 2.96. The molecule has 0 radical (unpaired) electrons. The minimum atomic E-state index is 0.457. The molecule has 1 aliphatic heterocycles. The molecule has 2 heterocycles. The van der Waals surface area contributed by atoms with Gasteiger partial charge in [-0.25, -0.2) is 4.98 Å². The Labute approximate surface area is 121 Å². The first-order chi connectivity index (χ1) is 9.02. The molecule has 19 heavy (non-hydrogen) atoms. The first-order valence-electron chi connectivity index (χ1n) is 7.06. The van der Waals surface area contributed by atoms with E-state index in [-0.39, 0.29) is 0 Å². The molecule has 0 spiro atoms. The van der Waals surface area contributed by atoms with Gasteiger partial charge in [0.2, 0.25) is 0 Å². The van der Waals surface area contributed by atoms with Crippen LogP contribution < -0.4 is 10.6 Å². The topological polar surface area (TPSA) is 42.2 Å². The standard InChI is InChI=1S/C15H23N3S/c1-4-5-12-6-7-18(9-12)15-13(14(16)19)10(2)8-11(3)17-15/h8,12H,4-7,9H2,1-3H3,(H2,16,19). The van der Waals surface area contributed by atoms with Gasteiger partial charge >= 0.3 is 0 Å². The first kappa shape index (κ1) is 14.3. The Hall–Kier alpha value is -1.16. The zero-order valence-corrected chi connectivity index (χ0v) is 12.9. The summed E-state index contributed by atoms with van der Waals surface area (Å²) in [5.41, 5.74) is 9.01. The van der Waals surface area contributed by atoms with Crippen molar-refractivity contribution >= 4 is 23.0 Å². The first-order valence-corrected chi connectivity index (χ1v) is 7.46. The normalized spacial score (nSPS) is 18.9. The van der Waals surface area contributed by atoms with E-state index in [4.69, 9.17) is 22.9 Å². The van der Waals surface area contributed by atoms with Crippen molar-refractivity contribution in [3.63, 3.8) is 0 Å². The van der Waals surface area contributed by atoms with Crippen LogP contribution in [0.5, 0.6) is 0 Å². The molecule has 0 saturated carbocycles. The van der Waals surface area contributed by atoms with Crippen LogP contribution in [0.3, 0.4) is 0 Å². The van der Waals surface area contributed by atoms with Gasteiger partial charge < -0.3 is 10.6 Å². The molecule has 1 saturated heterocycles. The summed E-state index contributed by atoms with van der Waals surface area (Å²) in [7, 11) is 0. The summed E-state index contributed by atoms with van der Waals surface area (Å²) in [5, 5.41) is 0. The van der Waals surface area contributed by atoms with E-state index < -0.39 is 0 Å². The monoisotopic (exact) mass is 277 g/mol. The highest BCUT2D eigenvalue weighted by molar-refractivity contribution is 7.80. The van der Waals surface area contributed by atoms with Crippen molar-refractivity contribution in [2.24, 2.45) is 11.7 Å². The number of pyridine rings is 1. The van der Waals surface area contributed by atoms with E-state index in [1.54, 1.807) is 0 Å². The van der Waals surface area contributed by atoms with Gasteiger partial charge in [-0.1, -0.05) is 25.6 Å². The van der Waals surface area contributed by atoms with Gasteiger partial charge in [-0.2, -0.15) is 0 Å². The van der Waals surface area contributed by atoms with Crippen molar-refractivity contribution in [2.75, 3.05) is 18.0 Å². The highest BCUT2D eigenvalue weighted by Crippen LogP contribution is 2.29. The number of hydrogen-bond acceptors (Lipinski definition) is 3. The number of hydrogen-bond donors (Lipinski definition) is 1. The Morgan fingerprint density at radius 1 is 1.53 bits per heavy atom. The fourth-order valence-electron chi connectivity index (χ4n) is 3.02. The lowest BCUT2D eigenvalue weighted by molar-refractivity contribution is 0.529. The van der Waals surface area contributed by atoms with Crippen LogP contribution in [-0.4, -0.2) is 23.1 Å². The Bertz CT molecular complexity index is 485. The Morgan fingerprint density at radius 2 is 2.26 bits per heavy atom. The molecule has 1 aliphatic rings. The van der Waals surface area contributed by atoms with Crippen LogP contribution in [0, 0.1) is 19.8 Å². The number of nitrogens with two attached hydrogens (primary N) is 1. The molecule has 1 unspecified atom stereocenters. The molecule has 104 valence electrons. The maximum Gasteiger partial charge on any atom is 0.139 e. The van der Waals surface area contributed by atoms with Crippen molar-refractivity contribution in [3.8, 4) is 0 Å². The molecule has 4 heteroatoms. The van der Waals surface area contributed by atoms with Crippen LogP contribution in [0.4, 0.5) is 5.82 Å². The summed E-state index contributed by atoms with van der Waals surface area (Å²) in [4.78, 5) is 7.50. The molecule has 0 amide bonds. The third-order valence-electron chi connectivity index (χ3n) is 3.85. The second-order valence-electron chi connectivity index (χ2n) is 5.53. The van der Waals surface area contributed by atoms with Gasteiger partial charge in [0.25, 0.3) is 0 Å². The molecular formula is C15H23N3S. The van der Waals surface area contributed by atoms with Gasteiger partial charge in [-0.15, -0.1) is 0 Å². The average Bonchev–Trinajstić information content (AvgIpc) is 2.76. The fourth-order valence-corrected chi connectivity index (χ4v) is 3.27. The zero-order chi connectivity index (χ0) is 14.0. The number of rotatable bonds is 4. The van der Waals surface area contributed by atoms with E-state index in [0.717, 1.165) is 41.6 Å². The van der Waals surface area contributed by atoms with Gasteiger partial charge in [-0.3, -0.25) is 0 Å². The van der Waals surface area contributed by atoms with Gasteiger partial charge in [0.05, 0.1) is 5.56 Å². The zero-order valence-electron chi connectivity index (χ0n) is 12.1. The third kappa shape index (κ3) is 3.06. The summed E-state index contributed by atoms with van der Waals surface area (Å²) in [6, 6.07) is 2.05. The summed E-state index contributed by atoms with van der Waals surface area (Å²) in [6.45, 7) is 8.49. The fraction of sp³-hybridized carbons (Fsp3) is 0.600. The van der Waals surface area contributed by atoms with Gasteiger partial charge in [0, 0.05) is 18.8 Å². The molecule has 2 rings (SSSR count). The molecule has 1 aromatic rings. The van der Waals surface area contributed by atoms with Gasteiger partial charge in [-0.05, 0) is 44.2 Å². The van der Waals surface area contributed by atoms with Crippen LogP contribution in [0.25, 0.3) is 0 Å². The minimum Gasteiger partial charge on any atom is -0.389 e. The van der Waals surface area contributed by atoms with Crippen LogP contribution in [0.2, 0.25) is 0 Å². The summed E-state index contributed by atoms with van der Waals surface area (Å²) in [6.07, 6.45) is 3.80. The van der Waals surface area contributed by atoms with Crippen LogP contribution in [0.15, 0.2) is 6.07 Å². The maximum absolute atomic E-state index is 5.89. The van der Waals surface area contributed by atoms with Crippen molar-refractivity contribution in [2.45, 2.75) is 40.0 Å². The number of nitrogens with zero attached hydrogens (tertiary/aromatic N) is 2. The van der Waals surface area contributed by atoms with E-state index in [9.17, 15) is 0 Å². The molecule has 1 atom stereocenters. The van der Waals surface area contributed by atoms with E-state index in [2.05, 4.69) is 24.8 Å². The van der Waals surface area contributed by atoms with Crippen molar-refractivity contribution in [1.82, 2.24) is 4.98 Å². The maximum atomic E-state index is 5.89. The van der Waals surface area contributed by atoms with Crippen molar-refractivity contribution in [1.29, 1.82) is 0 Å². The van der Waals surface area contributed by atoms with Gasteiger partial charge in [0.1, 0.15) is 10.8 Å². The molecule has 1 aromatic heterocycles. The van der Waals surface area contributed by atoms with Crippen molar-refractivity contribution < 1.29 is 0 Å². The quantitative estimate of drug-likeness (QED) is 0.859. The molecule has 2 N–H and O–H groups in total. The average molecular weight is 277 g/mol. The van der Waals surface area contributed by atoms with E-state index in [1.165, 1.54) is 19.3 Å². The summed E-state index contributed by atoms with van der Waals surface area (Å²) in [5.74, 6) is 1.77. The number of aryl methyl sites for hydroxylation is 2. The predicted molar refractivity (Wildman–Crippen MR) is 84.8 cm³/mol. The van der Waals surface area contributed by atoms with Crippen molar-refractivity contribution in [3.05, 3.63) is 22.9 Å². The van der Waals surface area contributed by atoms with Crippen LogP contribution in [-0.2, 0) is 0 Å². The molecule has 0 bridgehead atoms. The highest BCUT2D eigenvalue weighted by Gasteiger charge is 2.26. The van der Waals surface area contributed by atoms with E-state index in [0.29, 0.717) is 4.99 Å². The molecule has 1 fully saturated rings. The smallest absolute Gasteiger partial charge is 0.139 e. The summed E-state index contributed by atoms with van der Waals surface area (Å²) >= 11 is 5.21. The minimum absolute atomic E-state index is 0.457. The Kier molecular flexibility index (Phi) is 4.40. The second-order valence-corrected chi connectivity index (χ2v) is 5.97. The number of thiocarbonyl (C=S) groups is 1. The van der Waals surface area contributed by atoms with E-state index in [1.807, 2.05) is 6.92 Å². The SMILES string of the molecule is CCCC1CCN(c2nc(C)cc(C)c2C(N)=S)C1. The molecule has 3 nitrogen and oxygen atoms in total. The van der Waals surface area contributed by atoms with E-state index >= 15 is 0 Å². The van der Waals surface area contributed by atoms with Gasteiger partial charge in [0.15, 0.2) is 0 Å². The number of anilines is 1. The lowest BCUT2D eigenvalue weighted by atomic mass is 10.0. The number of aromatic nitrogens is 1. The molecule has 0 aromatic carbocycles. The second kappa shape index (κ2) is 5.87. The largest absolute Gasteiger partial charge is 0.389 e. The third-order valence-corrected chi connectivity index (χ3v) is 4.06. The highest BCUT2D eigenvalue weighted by atomic mass is 32.1. The lowest BCUT2D eigenvalue weighted by Crippen LogP contribution is -2.26. The van der Waals surface area contributed by atoms with Crippen LogP contribution >= 0.6 is 12.2 Å². The Balaban J connectivity index is 2.32. The van der Waals surface area contributed by atoms with Crippen LogP contribution in [0.1, 0.15) is 43.0 Å². The molecule has 0 aliphatic carbocycles. The lowest BCUT2D eigenvalue weighted by Gasteiger charge is -2.22. The summed E-state index contributed by atoms with van der Waals surface area (Å²) < 4.78 is 0. The molecular weight excluding hydrogens is 254 g/mol.